The first kappa shape index (κ1) is 13.0. The summed E-state index contributed by atoms with van der Waals surface area (Å²) in [5, 5.41) is 10.4. The number of aliphatic hydroxyl groups is 1. The van der Waals surface area contributed by atoms with Crippen molar-refractivity contribution in [1.29, 1.82) is 0 Å². The molecule has 0 aromatic rings. The summed E-state index contributed by atoms with van der Waals surface area (Å²) >= 11 is 0. The lowest BCUT2D eigenvalue weighted by Crippen LogP contribution is -2.41. The van der Waals surface area contributed by atoms with Crippen molar-refractivity contribution in [3.63, 3.8) is 0 Å². The van der Waals surface area contributed by atoms with Gasteiger partial charge in [-0.05, 0) is 30.1 Å². The molecule has 1 aliphatic rings. The minimum Gasteiger partial charge on any atom is -0.392 e. The largest absolute Gasteiger partial charge is 0.392 e. The summed E-state index contributed by atoms with van der Waals surface area (Å²) in [6.07, 6.45) is 7.71. The van der Waals surface area contributed by atoms with Gasteiger partial charge in [0.25, 0.3) is 0 Å². The van der Waals surface area contributed by atoms with Crippen molar-refractivity contribution < 1.29 is 5.11 Å². The zero-order valence-electron chi connectivity index (χ0n) is 10.9. The lowest BCUT2D eigenvalue weighted by atomic mass is 9.65. The molecule has 2 atom stereocenters. The lowest BCUT2D eigenvalue weighted by molar-refractivity contribution is -0.0398. The van der Waals surface area contributed by atoms with Gasteiger partial charge in [-0.3, -0.25) is 0 Å². The summed E-state index contributed by atoms with van der Waals surface area (Å²) in [6, 6.07) is 0. The molecule has 0 aromatic heterocycles. The molecule has 1 rings (SSSR count). The molecule has 0 saturated heterocycles. The first-order valence-corrected chi connectivity index (χ1v) is 6.68. The molecule has 2 unspecified atom stereocenters. The predicted octanol–water partition coefficient (Wildman–Crippen LogP) is 4.00. The SMILES string of the molecule is CCC(C)C(O)C(C)(C)C1CCCCC1. The van der Waals surface area contributed by atoms with Gasteiger partial charge in [0, 0.05) is 0 Å². The Bertz CT molecular complexity index is 176. The van der Waals surface area contributed by atoms with E-state index in [1.54, 1.807) is 0 Å². The maximum atomic E-state index is 10.4. The number of rotatable bonds is 4. The van der Waals surface area contributed by atoms with Crippen LogP contribution in [0.1, 0.15) is 66.2 Å². The van der Waals surface area contributed by atoms with Gasteiger partial charge in [-0.15, -0.1) is 0 Å². The second-order valence-electron chi connectivity index (χ2n) is 5.99. The van der Waals surface area contributed by atoms with Crippen LogP contribution in [0.15, 0.2) is 0 Å². The Kier molecular flexibility index (Phi) is 4.64. The summed E-state index contributed by atoms with van der Waals surface area (Å²) in [4.78, 5) is 0. The van der Waals surface area contributed by atoms with E-state index in [0.29, 0.717) is 5.92 Å². The van der Waals surface area contributed by atoms with Crippen LogP contribution in [0.5, 0.6) is 0 Å². The second kappa shape index (κ2) is 5.34. The van der Waals surface area contributed by atoms with Gasteiger partial charge in [-0.25, -0.2) is 0 Å². The molecule has 0 aliphatic heterocycles. The van der Waals surface area contributed by atoms with Crippen LogP contribution in [0.25, 0.3) is 0 Å². The highest BCUT2D eigenvalue weighted by Gasteiger charge is 2.38. The molecule has 0 heterocycles. The van der Waals surface area contributed by atoms with Crippen LogP contribution >= 0.6 is 0 Å². The highest BCUT2D eigenvalue weighted by Crippen LogP contribution is 2.42. The summed E-state index contributed by atoms with van der Waals surface area (Å²) < 4.78 is 0. The smallest absolute Gasteiger partial charge is 0.0619 e. The second-order valence-corrected chi connectivity index (χ2v) is 5.99. The Morgan fingerprint density at radius 2 is 1.73 bits per heavy atom. The molecule has 1 heteroatoms. The number of hydrogen-bond donors (Lipinski definition) is 1. The van der Waals surface area contributed by atoms with Gasteiger partial charge in [0.05, 0.1) is 6.10 Å². The van der Waals surface area contributed by atoms with Crippen LogP contribution in [-0.2, 0) is 0 Å². The standard InChI is InChI=1S/C14H28O/c1-5-11(2)13(15)14(3,4)12-9-7-6-8-10-12/h11-13,15H,5-10H2,1-4H3. The Morgan fingerprint density at radius 3 is 2.20 bits per heavy atom. The highest BCUT2D eigenvalue weighted by molar-refractivity contribution is 4.88. The van der Waals surface area contributed by atoms with Gasteiger partial charge in [-0.1, -0.05) is 53.4 Å². The van der Waals surface area contributed by atoms with Gasteiger partial charge in [0.2, 0.25) is 0 Å². The van der Waals surface area contributed by atoms with Crippen LogP contribution in [0.4, 0.5) is 0 Å². The van der Waals surface area contributed by atoms with Gasteiger partial charge < -0.3 is 5.11 Å². The Labute approximate surface area is 95.3 Å². The van der Waals surface area contributed by atoms with Crippen molar-refractivity contribution >= 4 is 0 Å². The van der Waals surface area contributed by atoms with Crippen LogP contribution in [0.3, 0.4) is 0 Å². The molecular formula is C14H28O. The molecule has 1 saturated carbocycles. The number of aliphatic hydroxyl groups excluding tert-OH is 1. The molecule has 15 heavy (non-hydrogen) atoms. The average molecular weight is 212 g/mol. The fourth-order valence-corrected chi connectivity index (χ4v) is 3.04. The predicted molar refractivity (Wildman–Crippen MR) is 65.8 cm³/mol. The maximum absolute atomic E-state index is 10.4. The summed E-state index contributed by atoms with van der Waals surface area (Å²) in [7, 11) is 0. The monoisotopic (exact) mass is 212 g/mol. The fraction of sp³-hybridized carbons (Fsp3) is 1.00. The molecule has 0 radical (unpaired) electrons. The summed E-state index contributed by atoms with van der Waals surface area (Å²) in [5.41, 5.74) is 0.107. The Balaban J connectivity index is 2.62. The quantitative estimate of drug-likeness (QED) is 0.747. The fourth-order valence-electron chi connectivity index (χ4n) is 3.04. The zero-order chi connectivity index (χ0) is 11.5. The van der Waals surface area contributed by atoms with E-state index < -0.39 is 0 Å². The van der Waals surface area contributed by atoms with Crippen molar-refractivity contribution in [3.05, 3.63) is 0 Å². The Hall–Kier alpha value is -0.0400. The van der Waals surface area contributed by atoms with Crippen LogP contribution in [0.2, 0.25) is 0 Å². The third-order valence-electron chi connectivity index (χ3n) is 4.60. The maximum Gasteiger partial charge on any atom is 0.0619 e. The summed E-state index contributed by atoms with van der Waals surface area (Å²) in [5.74, 6) is 1.16. The van der Waals surface area contributed by atoms with Gasteiger partial charge in [-0.2, -0.15) is 0 Å². The average Bonchev–Trinajstić information content (AvgIpc) is 2.28. The number of hydrogen-bond acceptors (Lipinski definition) is 1. The van der Waals surface area contributed by atoms with E-state index >= 15 is 0 Å². The molecule has 1 aliphatic carbocycles. The third-order valence-corrected chi connectivity index (χ3v) is 4.60. The molecule has 1 fully saturated rings. The van der Waals surface area contributed by atoms with Crippen molar-refractivity contribution in [3.8, 4) is 0 Å². The molecular weight excluding hydrogens is 184 g/mol. The highest BCUT2D eigenvalue weighted by atomic mass is 16.3. The van der Waals surface area contributed by atoms with E-state index in [-0.39, 0.29) is 11.5 Å². The lowest BCUT2D eigenvalue weighted by Gasteiger charge is -2.42. The van der Waals surface area contributed by atoms with Crippen molar-refractivity contribution in [2.24, 2.45) is 17.3 Å². The van der Waals surface area contributed by atoms with Crippen molar-refractivity contribution in [1.82, 2.24) is 0 Å². The molecule has 0 spiro atoms. The first-order chi connectivity index (χ1) is 7.00. The van der Waals surface area contributed by atoms with E-state index in [9.17, 15) is 5.11 Å². The van der Waals surface area contributed by atoms with Crippen LogP contribution in [0, 0.1) is 17.3 Å². The van der Waals surface area contributed by atoms with Crippen molar-refractivity contribution in [2.75, 3.05) is 0 Å². The zero-order valence-corrected chi connectivity index (χ0v) is 10.9. The molecule has 1 N–H and O–H groups in total. The van der Waals surface area contributed by atoms with Crippen LogP contribution in [-0.4, -0.2) is 11.2 Å². The third kappa shape index (κ3) is 2.96. The van der Waals surface area contributed by atoms with Crippen molar-refractivity contribution in [2.45, 2.75) is 72.3 Å². The topological polar surface area (TPSA) is 20.2 Å². The van der Waals surface area contributed by atoms with Gasteiger partial charge in [0.15, 0.2) is 0 Å². The van der Waals surface area contributed by atoms with Crippen LogP contribution < -0.4 is 0 Å². The summed E-state index contributed by atoms with van der Waals surface area (Å²) in [6.45, 7) is 8.87. The molecule has 0 aromatic carbocycles. The minimum absolute atomic E-state index is 0.107. The Morgan fingerprint density at radius 1 is 1.20 bits per heavy atom. The van der Waals surface area contributed by atoms with E-state index in [0.717, 1.165) is 12.3 Å². The van der Waals surface area contributed by atoms with Gasteiger partial charge in [0.1, 0.15) is 0 Å². The van der Waals surface area contributed by atoms with Gasteiger partial charge >= 0.3 is 0 Å². The molecule has 90 valence electrons. The van der Waals surface area contributed by atoms with E-state index in [1.165, 1.54) is 32.1 Å². The minimum atomic E-state index is -0.134. The molecule has 0 bridgehead atoms. The normalized spacial score (nSPS) is 23.8. The van der Waals surface area contributed by atoms with E-state index in [2.05, 4.69) is 27.7 Å². The molecule has 1 nitrogen and oxygen atoms in total. The van der Waals surface area contributed by atoms with E-state index in [4.69, 9.17) is 0 Å². The first-order valence-electron chi connectivity index (χ1n) is 6.68. The molecule has 0 amide bonds. The van der Waals surface area contributed by atoms with E-state index in [1.807, 2.05) is 0 Å².